The molecule has 0 heterocycles. The van der Waals surface area contributed by atoms with E-state index in [0.29, 0.717) is 16.3 Å². The number of hydrogen-bond acceptors (Lipinski definition) is 3. The minimum Gasteiger partial charge on any atom is -0.507 e. The molecule has 3 rings (SSSR count). The van der Waals surface area contributed by atoms with Crippen LogP contribution < -0.4 is 5.43 Å². The molecule has 0 fully saturated rings. The van der Waals surface area contributed by atoms with Gasteiger partial charge in [0.2, 0.25) is 0 Å². The largest absolute Gasteiger partial charge is 0.507 e. The standard InChI is InChI=1S/C18H12O3/c19-15-10-11-16(20)17(14-9-5-4-8-13(14)15)18(21)12-6-2-1-3-7-12/h1-11,20H. The van der Waals surface area contributed by atoms with Gasteiger partial charge in [0.1, 0.15) is 5.75 Å². The van der Waals surface area contributed by atoms with E-state index in [1.54, 1.807) is 48.5 Å². The van der Waals surface area contributed by atoms with Crippen molar-refractivity contribution in [3.63, 3.8) is 0 Å². The third-order valence-electron chi connectivity index (χ3n) is 3.37. The summed E-state index contributed by atoms with van der Waals surface area (Å²) in [4.78, 5) is 24.7. The summed E-state index contributed by atoms with van der Waals surface area (Å²) in [5.41, 5.74) is 0.392. The Morgan fingerprint density at radius 2 is 1.38 bits per heavy atom. The molecule has 0 unspecified atom stereocenters. The van der Waals surface area contributed by atoms with E-state index >= 15 is 0 Å². The van der Waals surface area contributed by atoms with Crippen LogP contribution in [0.2, 0.25) is 0 Å². The molecule has 0 bridgehead atoms. The van der Waals surface area contributed by atoms with Crippen LogP contribution in [0.5, 0.6) is 5.75 Å². The maximum absolute atomic E-state index is 12.7. The van der Waals surface area contributed by atoms with Crippen molar-refractivity contribution in [3.05, 3.63) is 88.1 Å². The van der Waals surface area contributed by atoms with Gasteiger partial charge in [0.25, 0.3) is 0 Å². The Balaban J connectivity index is 2.38. The molecule has 0 aromatic heterocycles. The molecular formula is C18H12O3. The van der Waals surface area contributed by atoms with Crippen LogP contribution in [-0.4, -0.2) is 10.9 Å². The van der Waals surface area contributed by atoms with Gasteiger partial charge in [-0.1, -0.05) is 54.6 Å². The number of benzene rings is 2. The van der Waals surface area contributed by atoms with Gasteiger partial charge in [0.05, 0.1) is 5.56 Å². The molecule has 0 aliphatic carbocycles. The molecule has 0 amide bonds. The Morgan fingerprint density at radius 3 is 2.10 bits per heavy atom. The van der Waals surface area contributed by atoms with Gasteiger partial charge < -0.3 is 5.11 Å². The Kier molecular flexibility index (Phi) is 3.24. The van der Waals surface area contributed by atoms with Gasteiger partial charge in [0, 0.05) is 16.3 Å². The zero-order chi connectivity index (χ0) is 14.8. The van der Waals surface area contributed by atoms with E-state index in [4.69, 9.17) is 0 Å². The predicted molar refractivity (Wildman–Crippen MR) is 81.8 cm³/mol. The number of hydrogen-bond donors (Lipinski definition) is 1. The molecule has 102 valence electrons. The van der Waals surface area contributed by atoms with Gasteiger partial charge in [0.15, 0.2) is 11.2 Å². The lowest BCUT2D eigenvalue weighted by Crippen LogP contribution is -2.02. The van der Waals surface area contributed by atoms with Crippen molar-refractivity contribution in [3.8, 4) is 5.75 Å². The third kappa shape index (κ3) is 2.30. The van der Waals surface area contributed by atoms with Crippen LogP contribution >= 0.6 is 0 Å². The fourth-order valence-corrected chi connectivity index (χ4v) is 2.35. The molecule has 1 N–H and O–H groups in total. The maximum atomic E-state index is 12.7. The van der Waals surface area contributed by atoms with Crippen molar-refractivity contribution < 1.29 is 9.90 Å². The molecule has 0 saturated heterocycles. The van der Waals surface area contributed by atoms with Gasteiger partial charge in [-0.3, -0.25) is 9.59 Å². The van der Waals surface area contributed by atoms with Crippen LogP contribution in [0.1, 0.15) is 15.9 Å². The minimum atomic E-state index is -0.306. The minimum absolute atomic E-state index is 0.152. The SMILES string of the molecule is O=C(c1ccccc1)c1c(O)ccc(=O)c2ccccc12. The predicted octanol–water partition coefficient (Wildman–Crippen LogP) is 3.14. The van der Waals surface area contributed by atoms with Crippen LogP contribution in [0.15, 0.2) is 71.5 Å². The van der Waals surface area contributed by atoms with Crippen molar-refractivity contribution in [1.82, 2.24) is 0 Å². The summed E-state index contributed by atoms with van der Waals surface area (Å²) in [6.45, 7) is 0. The first-order chi connectivity index (χ1) is 10.2. The maximum Gasteiger partial charge on any atom is 0.197 e. The first-order valence-corrected chi connectivity index (χ1v) is 6.53. The average molecular weight is 276 g/mol. The topological polar surface area (TPSA) is 54.4 Å². The zero-order valence-electron chi connectivity index (χ0n) is 11.1. The summed E-state index contributed by atoms with van der Waals surface area (Å²) in [6, 6.07) is 18.0. The van der Waals surface area contributed by atoms with E-state index in [0.717, 1.165) is 0 Å². The van der Waals surface area contributed by atoms with Gasteiger partial charge in [-0.25, -0.2) is 0 Å². The molecule has 0 atom stereocenters. The summed E-state index contributed by atoms with van der Waals surface area (Å²) >= 11 is 0. The van der Waals surface area contributed by atoms with E-state index in [1.807, 2.05) is 6.07 Å². The molecule has 0 aliphatic heterocycles. The molecule has 3 aromatic carbocycles. The van der Waals surface area contributed by atoms with Crippen LogP contribution in [0, 0.1) is 0 Å². The Bertz CT molecular complexity index is 883. The summed E-state index contributed by atoms with van der Waals surface area (Å²) in [5, 5.41) is 11.0. The van der Waals surface area contributed by atoms with E-state index < -0.39 is 0 Å². The van der Waals surface area contributed by atoms with Crippen LogP contribution in [0.25, 0.3) is 10.8 Å². The summed E-state index contributed by atoms with van der Waals surface area (Å²) in [6.07, 6.45) is 0. The fraction of sp³-hybridized carbons (Fsp3) is 0. The van der Waals surface area contributed by atoms with Crippen molar-refractivity contribution in [2.24, 2.45) is 0 Å². The van der Waals surface area contributed by atoms with Crippen molar-refractivity contribution in [2.45, 2.75) is 0 Å². The highest BCUT2D eigenvalue weighted by atomic mass is 16.3. The van der Waals surface area contributed by atoms with E-state index in [-0.39, 0.29) is 22.5 Å². The second kappa shape index (κ2) is 5.21. The molecule has 0 aliphatic rings. The van der Waals surface area contributed by atoms with E-state index in [9.17, 15) is 14.7 Å². The number of aromatic hydroxyl groups is 1. The lowest BCUT2D eigenvalue weighted by atomic mass is 9.99. The van der Waals surface area contributed by atoms with Gasteiger partial charge in [-0.15, -0.1) is 0 Å². The Labute approximate surface area is 121 Å². The quantitative estimate of drug-likeness (QED) is 0.732. The Hall–Kier alpha value is -2.94. The summed E-state index contributed by atoms with van der Waals surface area (Å²) in [5.74, 6) is -0.498. The molecule has 3 heteroatoms. The van der Waals surface area contributed by atoms with E-state index in [2.05, 4.69) is 0 Å². The fourth-order valence-electron chi connectivity index (χ4n) is 2.35. The molecule has 0 radical (unpaired) electrons. The number of rotatable bonds is 2. The number of carbonyl (C=O) groups excluding carboxylic acids is 1. The first kappa shape index (κ1) is 13.1. The van der Waals surface area contributed by atoms with Crippen LogP contribution in [0.4, 0.5) is 0 Å². The van der Waals surface area contributed by atoms with Gasteiger partial charge in [-0.2, -0.15) is 0 Å². The number of fused-ring (bicyclic) bond motifs is 1. The number of carbonyl (C=O) groups is 1. The van der Waals surface area contributed by atoms with Gasteiger partial charge in [-0.05, 0) is 12.1 Å². The first-order valence-electron chi connectivity index (χ1n) is 6.53. The molecule has 0 spiro atoms. The zero-order valence-corrected chi connectivity index (χ0v) is 11.1. The third-order valence-corrected chi connectivity index (χ3v) is 3.37. The highest BCUT2D eigenvalue weighted by Crippen LogP contribution is 2.26. The summed E-state index contributed by atoms with van der Waals surface area (Å²) in [7, 11) is 0. The van der Waals surface area contributed by atoms with Crippen LogP contribution in [-0.2, 0) is 0 Å². The van der Waals surface area contributed by atoms with Gasteiger partial charge >= 0.3 is 0 Å². The molecule has 0 saturated carbocycles. The molecule has 3 aromatic rings. The average Bonchev–Trinajstić information content (AvgIpc) is 2.65. The smallest absolute Gasteiger partial charge is 0.197 e. The van der Waals surface area contributed by atoms with E-state index in [1.165, 1.54) is 12.1 Å². The molecule has 3 nitrogen and oxygen atoms in total. The highest BCUT2D eigenvalue weighted by Gasteiger charge is 2.16. The summed E-state index contributed by atoms with van der Waals surface area (Å²) < 4.78 is 0. The number of ketones is 1. The lowest BCUT2D eigenvalue weighted by molar-refractivity contribution is 0.103. The second-order valence-electron chi connectivity index (χ2n) is 4.70. The van der Waals surface area contributed by atoms with Crippen LogP contribution in [0.3, 0.4) is 0 Å². The van der Waals surface area contributed by atoms with Crippen molar-refractivity contribution in [2.75, 3.05) is 0 Å². The lowest BCUT2D eigenvalue weighted by Gasteiger charge is -2.04. The van der Waals surface area contributed by atoms with Crippen molar-refractivity contribution in [1.29, 1.82) is 0 Å². The monoisotopic (exact) mass is 276 g/mol. The second-order valence-corrected chi connectivity index (χ2v) is 4.70. The van der Waals surface area contributed by atoms with Crippen molar-refractivity contribution >= 4 is 16.6 Å². The molecule has 21 heavy (non-hydrogen) atoms. The molecular weight excluding hydrogens is 264 g/mol. The Morgan fingerprint density at radius 1 is 0.762 bits per heavy atom. The highest BCUT2D eigenvalue weighted by molar-refractivity contribution is 6.17. The normalized spacial score (nSPS) is 10.5.